The molecule has 5 heteroatoms. The van der Waals surface area contributed by atoms with Gasteiger partial charge in [0.25, 0.3) is 0 Å². The molecular weight excluding hydrogens is 407 g/mol. The standard InChI is InChI=1S/C15H13Br2ClO2/c1-20-11-3-5-13(16)9(6-11)7-15(19)12-8-10(18)2-4-14(12)17/h2-6,8,15,19H,7H2,1H3. The number of hydrogen-bond acceptors (Lipinski definition) is 2. The Kier molecular flexibility index (Phi) is 5.49. The molecule has 0 heterocycles. The largest absolute Gasteiger partial charge is 0.497 e. The summed E-state index contributed by atoms with van der Waals surface area (Å²) in [6, 6.07) is 11.1. The normalized spacial score (nSPS) is 12.2. The lowest BCUT2D eigenvalue weighted by Gasteiger charge is -2.15. The Morgan fingerprint density at radius 2 is 1.85 bits per heavy atom. The van der Waals surface area contributed by atoms with Crippen molar-refractivity contribution in [3.63, 3.8) is 0 Å². The average Bonchev–Trinajstić information content (AvgIpc) is 2.43. The molecule has 20 heavy (non-hydrogen) atoms. The average molecular weight is 421 g/mol. The van der Waals surface area contributed by atoms with Crippen molar-refractivity contribution in [1.29, 1.82) is 0 Å². The first-order chi connectivity index (χ1) is 9.51. The molecule has 0 amide bonds. The van der Waals surface area contributed by atoms with Gasteiger partial charge in [-0.25, -0.2) is 0 Å². The molecule has 2 aromatic carbocycles. The molecule has 1 unspecified atom stereocenters. The van der Waals surface area contributed by atoms with E-state index in [2.05, 4.69) is 31.9 Å². The predicted octanol–water partition coefficient (Wildman–Crippen LogP) is 5.15. The lowest BCUT2D eigenvalue weighted by atomic mass is 10.0. The maximum Gasteiger partial charge on any atom is 0.119 e. The molecule has 1 atom stereocenters. The van der Waals surface area contributed by atoms with Gasteiger partial charge in [0.2, 0.25) is 0 Å². The molecule has 0 spiro atoms. The third-order valence-corrected chi connectivity index (χ3v) is 4.71. The van der Waals surface area contributed by atoms with Crippen molar-refractivity contribution in [2.45, 2.75) is 12.5 Å². The molecule has 106 valence electrons. The zero-order chi connectivity index (χ0) is 14.7. The highest BCUT2D eigenvalue weighted by molar-refractivity contribution is 9.10. The predicted molar refractivity (Wildman–Crippen MR) is 88.5 cm³/mol. The van der Waals surface area contributed by atoms with Crippen LogP contribution in [0.5, 0.6) is 5.75 Å². The summed E-state index contributed by atoms with van der Waals surface area (Å²) in [5.41, 5.74) is 1.75. The Morgan fingerprint density at radius 1 is 1.15 bits per heavy atom. The van der Waals surface area contributed by atoms with Crippen LogP contribution in [0.25, 0.3) is 0 Å². The van der Waals surface area contributed by atoms with Crippen LogP contribution in [0.1, 0.15) is 17.2 Å². The molecule has 0 aromatic heterocycles. The fourth-order valence-electron chi connectivity index (χ4n) is 1.92. The quantitative estimate of drug-likeness (QED) is 0.741. The van der Waals surface area contributed by atoms with E-state index in [1.807, 2.05) is 24.3 Å². The highest BCUT2D eigenvalue weighted by Gasteiger charge is 2.15. The van der Waals surface area contributed by atoms with Crippen LogP contribution in [-0.4, -0.2) is 12.2 Å². The molecule has 2 aromatic rings. The molecular formula is C15H13Br2ClO2. The zero-order valence-corrected chi connectivity index (χ0v) is 14.7. The Labute approximate surface area is 140 Å². The minimum atomic E-state index is -0.647. The molecule has 2 nitrogen and oxygen atoms in total. The van der Waals surface area contributed by atoms with Gasteiger partial charge in [0.1, 0.15) is 5.75 Å². The maximum absolute atomic E-state index is 10.4. The number of ether oxygens (including phenoxy) is 1. The SMILES string of the molecule is COc1ccc(Br)c(CC(O)c2cc(Cl)ccc2Br)c1. The van der Waals surface area contributed by atoms with Crippen LogP contribution in [0.15, 0.2) is 45.3 Å². The van der Waals surface area contributed by atoms with Gasteiger partial charge in [-0.15, -0.1) is 0 Å². The van der Waals surface area contributed by atoms with E-state index in [9.17, 15) is 5.11 Å². The number of hydrogen-bond donors (Lipinski definition) is 1. The number of halogens is 3. The van der Waals surface area contributed by atoms with Crippen LogP contribution >= 0.6 is 43.5 Å². The number of methoxy groups -OCH3 is 1. The van der Waals surface area contributed by atoms with Crippen LogP contribution < -0.4 is 4.74 Å². The van der Waals surface area contributed by atoms with E-state index in [1.54, 1.807) is 19.2 Å². The van der Waals surface area contributed by atoms with Crippen molar-refractivity contribution in [3.8, 4) is 5.75 Å². The second-order valence-corrected chi connectivity index (χ2v) is 6.49. The lowest BCUT2D eigenvalue weighted by molar-refractivity contribution is 0.177. The lowest BCUT2D eigenvalue weighted by Crippen LogP contribution is -2.03. The molecule has 0 fully saturated rings. The number of aliphatic hydroxyl groups excluding tert-OH is 1. The Morgan fingerprint density at radius 3 is 2.55 bits per heavy atom. The van der Waals surface area contributed by atoms with Gasteiger partial charge in [-0.3, -0.25) is 0 Å². The van der Waals surface area contributed by atoms with Crippen LogP contribution in [-0.2, 0) is 6.42 Å². The van der Waals surface area contributed by atoms with Gasteiger partial charge in [0, 0.05) is 20.4 Å². The Balaban J connectivity index is 2.27. The van der Waals surface area contributed by atoms with Crippen LogP contribution in [0.3, 0.4) is 0 Å². The smallest absolute Gasteiger partial charge is 0.119 e. The molecule has 2 rings (SSSR count). The monoisotopic (exact) mass is 418 g/mol. The second kappa shape index (κ2) is 6.94. The van der Waals surface area contributed by atoms with E-state index in [0.29, 0.717) is 11.4 Å². The topological polar surface area (TPSA) is 29.5 Å². The van der Waals surface area contributed by atoms with Gasteiger partial charge in [0.15, 0.2) is 0 Å². The van der Waals surface area contributed by atoms with E-state index < -0.39 is 6.10 Å². The van der Waals surface area contributed by atoms with E-state index >= 15 is 0 Å². The summed E-state index contributed by atoms with van der Waals surface area (Å²) >= 11 is 12.9. The molecule has 0 saturated carbocycles. The summed E-state index contributed by atoms with van der Waals surface area (Å²) in [5.74, 6) is 0.764. The summed E-state index contributed by atoms with van der Waals surface area (Å²) in [4.78, 5) is 0. The first kappa shape index (κ1) is 15.8. The van der Waals surface area contributed by atoms with Crippen LogP contribution in [0.4, 0.5) is 0 Å². The number of aliphatic hydroxyl groups is 1. The first-order valence-corrected chi connectivity index (χ1v) is 7.93. The van der Waals surface area contributed by atoms with E-state index in [-0.39, 0.29) is 0 Å². The molecule has 0 saturated heterocycles. The fraction of sp³-hybridized carbons (Fsp3) is 0.200. The highest BCUT2D eigenvalue weighted by atomic mass is 79.9. The van der Waals surface area contributed by atoms with Crippen molar-refractivity contribution in [3.05, 3.63) is 61.5 Å². The van der Waals surface area contributed by atoms with Gasteiger partial charge < -0.3 is 9.84 Å². The van der Waals surface area contributed by atoms with Crippen molar-refractivity contribution < 1.29 is 9.84 Å². The van der Waals surface area contributed by atoms with Crippen LogP contribution in [0.2, 0.25) is 5.02 Å². The Bertz CT molecular complexity index is 617. The number of rotatable bonds is 4. The fourth-order valence-corrected chi connectivity index (χ4v) is 3.02. The summed E-state index contributed by atoms with van der Waals surface area (Å²) < 4.78 is 6.99. The maximum atomic E-state index is 10.4. The summed E-state index contributed by atoms with van der Waals surface area (Å²) in [5, 5.41) is 11.0. The van der Waals surface area contributed by atoms with Gasteiger partial charge in [-0.05, 0) is 47.5 Å². The van der Waals surface area contributed by atoms with Crippen molar-refractivity contribution >= 4 is 43.5 Å². The summed E-state index contributed by atoms with van der Waals surface area (Å²) in [6.45, 7) is 0. The van der Waals surface area contributed by atoms with Gasteiger partial charge in [-0.2, -0.15) is 0 Å². The molecule has 0 aliphatic rings. The van der Waals surface area contributed by atoms with E-state index in [0.717, 1.165) is 25.8 Å². The van der Waals surface area contributed by atoms with Crippen molar-refractivity contribution in [1.82, 2.24) is 0 Å². The van der Waals surface area contributed by atoms with E-state index in [1.165, 1.54) is 0 Å². The first-order valence-electron chi connectivity index (χ1n) is 5.96. The molecule has 1 N–H and O–H groups in total. The minimum absolute atomic E-state index is 0.469. The minimum Gasteiger partial charge on any atom is -0.497 e. The van der Waals surface area contributed by atoms with Gasteiger partial charge in [0.05, 0.1) is 13.2 Å². The zero-order valence-electron chi connectivity index (χ0n) is 10.7. The van der Waals surface area contributed by atoms with Gasteiger partial charge >= 0.3 is 0 Å². The molecule has 0 aliphatic carbocycles. The van der Waals surface area contributed by atoms with Crippen molar-refractivity contribution in [2.75, 3.05) is 7.11 Å². The molecule has 0 aliphatic heterocycles. The summed E-state index contributed by atoms with van der Waals surface area (Å²) in [6.07, 6.45) is -0.178. The molecule has 0 bridgehead atoms. The highest BCUT2D eigenvalue weighted by Crippen LogP contribution is 2.31. The van der Waals surface area contributed by atoms with Crippen molar-refractivity contribution in [2.24, 2.45) is 0 Å². The molecule has 0 radical (unpaired) electrons. The third kappa shape index (κ3) is 3.76. The van der Waals surface area contributed by atoms with Crippen LogP contribution in [0, 0.1) is 0 Å². The van der Waals surface area contributed by atoms with E-state index in [4.69, 9.17) is 16.3 Å². The Hall–Kier alpha value is -0.550. The number of benzene rings is 2. The summed E-state index contributed by atoms with van der Waals surface area (Å²) in [7, 11) is 1.62. The van der Waals surface area contributed by atoms with Gasteiger partial charge in [-0.1, -0.05) is 43.5 Å². The second-order valence-electron chi connectivity index (χ2n) is 4.34. The third-order valence-electron chi connectivity index (χ3n) is 2.98.